The number of benzene rings is 2. The van der Waals surface area contributed by atoms with E-state index < -0.39 is 5.97 Å². The molecule has 1 heterocycles. The van der Waals surface area contributed by atoms with Crippen molar-refractivity contribution in [3.63, 3.8) is 0 Å². The van der Waals surface area contributed by atoms with E-state index in [0.29, 0.717) is 17.2 Å². The number of rotatable bonds is 3. The summed E-state index contributed by atoms with van der Waals surface area (Å²) in [6, 6.07) is 13.8. The summed E-state index contributed by atoms with van der Waals surface area (Å²) in [6.45, 7) is 0. The second-order valence-corrected chi connectivity index (χ2v) is 4.35. The van der Waals surface area contributed by atoms with E-state index in [1.54, 1.807) is 12.1 Å². The molecule has 0 atom stereocenters. The monoisotopic (exact) mass is 281 g/mol. The van der Waals surface area contributed by atoms with Crippen LogP contribution in [0.5, 0.6) is 0 Å². The largest absolute Gasteiger partial charge is 0.478 e. The van der Waals surface area contributed by atoms with Crippen LogP contribution in [0.1, 0.15) is 10.4 Å². The van der Waals surface area contributed by atoms with E-state index in [0.717, 1.165) is 5.56 Å². The molecule has 0 unspecified atom stereocenters. The molecule has 7 heteroatoms. The highest BCUT2D eigenvalue weighted by molar-refractivity contribution is 5.93. The van der Waals surface area contributed by atoms with Crippen LogP contribution in [0.25, 0.3) is 17.1 Å². The summed E-state index contributed by atoms with van der Waals surface area (Å²) >= 11 is 0. The van der Waals surface area contributed by atoms with Crippen molar-refractivity contribution >= 4 is 11.7 Å². The van der Waals surface area contributed by atoms with E-state index in [1.807, 2.05) is 30.3 Å². The summed E-state index contributed by atoms with van der Waals surface area (Å²) in [5.74, 6) is -0.681. The maximum absolute atomic E-state index is 11.3. The van der Waals surface area contributed by atoms with Gasteiger partial charge in [-0.2, -0.15) is 0 Å². The van der Waals surface area contributed by atoms with Crippen molar-refractivity contribution in [1.82, 2.24) is 20.2 Å². The topological polar surface area (TPSA) is 107 Å². The second-order valence-electron chi connectivity index (χ2n) is 4.35. The highest BCUT2D eigenvalue weighted by Gasteiger charge is 2.15. The normalized spacial score (nSPS) is 10.5. The van der Waals surface area contributed by atoms with Crippen LogP contribution >= 0.6 is 0 Å². The Labute approximate surface area is 119 Å². The van der Waals surface area contributed by atoms with Crippen molar-refractivity contribution in [3.8, 4) is 17.1 Å². The minimum absolute atomic E-state index is 0.0204. The van der Waals surface area contributed by atoms with Crippen molar-refractivity contribution in [1.29, 1.82) is 0 Å². The summed E-state index contributed by atoms with van der Waals surface area (Å²) in [5.41, 5.74) is 7.11. The van der Waals surface area contributed by atoms with Crippen LogP contribution in [0, 0.1) is 0 Å². The molecular weight excluding hydrogens is 270 g/mol. The van der Waals surface area contributed by atoms with Gasteiger partial charge in [-0.05, 0) is 23.4 Å². The zero-order chi connectivity index (χ0) is 14.8. The molecule has 2 aromatic carbocycles. The highest BCUT2D eigenvalue weighted by atomic mass is 16.4. The molecule has 0 spiro atoms. The molecule has 0 aliphatic rings. The average Bonchev–Trinajstić information content (AvgIpc) is 2.97. The number of aromatic carboxylic acids is 1. The third-order valence-electron chi connectivity index (χ3n) is 2.91. The van der Waals surface area contributed by atoms with E-state index in [4.69, 9.17) is 5.73 Å². The molecule has 0 fully saturated rings. The van der Waals surface area contributed by atoms with Gasteiger partial charge in [-0.25, -0.2) is 4.79 Å². The molecule has 3 aromatic rings. The Morgan fingerprint density at radius 1 is 1.14 bits per heavy atom. The fraction of sp³-hybridized carbons (Fsp3) is 0. The Balaban J connectivity index is 2.07. The van der Waals surface area contributed by atoms with Crippen LogP contribution in [0.15, 0.2) is 48.5 Å². The number of carboxylic acids is 1. The number of nitrogen functional groups attached to an aromatic ring is 1. The molecule has 104 valence electrons. The quantitative estimate of drug-likeness (QED) is 0.706. The zero-order valence-corrected chi connectivity index (χ0v) is 10.8. The van der Waals surface area contributed by atoms with Gasteiger partial charge in [-0.15, -0.1) is 15.0 Å². The Bertz CT molecular complexity index is 798. The number of nitrogens with two attached hydrogens (primary N) is 1. The summed E-state index contributed by atoms with van der Waals surface area (Å²) in [5, 5.41) is 21.3. The number of aromatic nitrogens is 4. The van der Waals surface area contributed by atoms with E-state index in [1.165, 1.54) is 10.9 Å². The molecule has 0 radical (unpaired) electrons. The van der Waals surface area contributed by atoms with E-state index >= 15 is 0 Å². The van der Waals surface area contributed by atoms with Crippen LogP contribution in [-0.4, -0.2) is 31.3 Å². The van der Waals surface area contributed by atoms with Gasteiger partial charge in [-0.1, -0.05) is 30.3 Å². The summed E-state index contributed by atoms with van der Waals surface area (Å²) in [4.78, 5) is 12.5. The first-order chi connectivity index (χ1) is 10.1. The van der Waals surface area contributed by atoms with Crippen LogP contribution in [-0.2, 0) is 0 Å². The fourth-order valence-corrected chi connectivity index (χ4v) is 1.92. The highest BCUT2D eigenvalue weighted by Crippen LogP contribution is 2.18. The number of carboxylic acid groups (broad SMARTS) is 1. The van der Waals surface area contributed by atoms with Crippen molar-refractivity contribution in [2.75, 3.05) is 5.73 Å². The lowest BCUT2D eigenvalue weighted by molar-refractivity contribution is 0.0696. The predicted octanol–water partition coefficient (Wildman–Crippen LogP) is 1.61. The maximum Gasteiger partial charge on any atom is 0.338 e. The molecule has 0 aliphatic heterocycles. The van der Waals surface area contributed by atoms with E-state index in [2.05, 4.69) is 15.4 Å². The maximum atomic E-state index is 11.3. The first-order valence-electron chi connectivity index (χ1n) is 6.14. The minimum Gasteiger partial charge on any atom is -0.478 e. The summed E-state index contributed by atoms with van der Waals surface area (Å²) in [6.07, 6.45) is 0. The van der Waals surface area contributed by atoms with Crippen LogP contribution in [0.2, 0.25) is 0 Å². The minimum atomic E-state index is -1.10. The third kappa shape index (κ3) is 2.44. The van der Waals surface area contributed by atoms with Gasteiger partial charge < -0.3 is 10.8 Å². The molecule has 0 saturated heterocycles. The van der Waals surface area contributed by atoms with Gasteiger partial charge in [0.15, 0.2) is 0 Å². The zero-order valence-electron chi connectivity index (χ0n) is 10.8. The molecule has 21 heavy (non-hydrogen) atoms. The van der Waals surface area contributed by atoms with Gasteiger partial charge in [0.05, 0.1) is 5.56 Å². The van der Waals surface area contributed by atoms with Crippen molar-refractivity contribution in [3.05, 3.63) is 54.1 Å². The van der Waals surface area contributed by atoms with E-state index in [9.17, 15) is 9.90 Å². The van der Waals surface area contributed by atoms with E-state index in [-0.39, 0.29) is 5.56 Å². The van der Waals surface area contributed by atoms with Crippen LogP contribution < -0.4 is 5.73 Å². The second kappa shape index (κ2) is 5.04. The third-order valence-corrected chi connectivity index (χ3v) is 2.91. The van der Waals surface area contributed by atoms with Gasteiger partial charge in [0, 0.05) is 11.3 Å². The van der Waals surface area contributed by atoms with Crippen LogP contribution in [0.4, 0.5) is 5.69 Å². The first-order valence-corrected chi connectivity index (χ1v) is 6.14. The lowest BCUT2D eigenvalue weighted by Gasteiger charge is -2.04. The molecule has 7 nitrogen and oxygen atoms in total. The number of anilines is 1. The Kier molecular flexibility index (Phi) is 3.07. The van der Waals surface area contributed by atoms with Crippen molar-refractivity contribution in [2.24, 2.45) is 0 Å². The van der Waals surface area contributed by atoms with Gasteiger partial charge in [-0.3, -0.25) is 0 Å². The number of carbonyl (C=O) groups is 1. The van der Waals surface area contributed by atoms with Gasteiger partial charge in [0.1, 0.15) is 5.69 Å². The number of hydrogen-bond donors (Lipinski definition) is 2. The Morgan fingerprint density at radius 2 is 1.90 bits per heavy atom. The molecular formula is C14H11N5O2. The summed E-state index contributed by atoms with van der Waals surface area (Å²) in [7, 11) is 0. The molecule has 0 bridgehead atoms. The lowest BCUT2D eigenvalue weighted by atomic mass is 10.1. The molecule has 3 rings (SSSR count). The van der Waals surface area contributed by atoms with Crippen LogP contribution in [0.3, 0.4) is 0 Å². The van der Waals surface area contributed by atoms with Gasteiger partial charge in [0.2, 0.25) is 5.82 Å². The summed E-state index contributed by atoms with van der Waals surface area (Å²) < 4.78 is 0. The number of hydrogen-bond acceptors (Lipinski definition) is 5. The average molecular weight is 281 g/mol. The smallest absolute Gasteiger partial charge is 0.338 e. The lowest BCUT2D eigenvalue weighted by Crippen LogP contribution is -2.08. The molecule has 0 saturated carbocycles. The SMILES string of the molecule is Nc1ccc(-n2nnc(-c3ccccc3)n2)c(C(=O)O)c1. The molecule has 0 amide bonds. The molecule has 0 aliphatic carbocycles. The molecule has 3 N–H and O–H groups in total. The Hall–Kier alpha value is -3.22. The fourth-order valence-electron chi connectivity index (χ4n) is 1.92. The van der Waals surface area contributed by atoms with Gasteiger partial charge in [0.25, 0.3) is 0 Å². The standard InChI is InChI=1S/C14H11N5O2/c15-10-6-7-12(11(8-10)14(20)21)19-17-13(16-18-19)9-4-2-1-3-5-9/h1-8H,15H2,(H,20,21). The van der Waals surface area contributed by atoms with Crippen molar-refractivity contribution in [2.45, 2.75) is 0 Å². The predicted molar refractivity (Wildman–Crippen MR) is 76.0 cm³/mol. The Morgan fingerprint density at radius 3 is 2.62 bits per heavy atom. The number of nitrogens with zero attached hydrogens (tertiary/aromatic N) is 4. The first kappa shape index (κ1) is 12.8. The van der Waals surface area contributed by atoms with Crippen molar-refractivity contribution < 1.29 is 9.90 Å². The molecule has 1 aromatic heterocycles. The van der Waals surface area contributed by atoms with Gasteiger partial charge >= 0.3 is 5.97 Å². The number of tetrazole rings is 1.